The lowest BCUT2D eigenvalue weighted by Gasteiger charge is -1.99. The fraction of sp³-hybridized carbons (Fsp3) is 0.214. The van der Waals surface area contributed by atoms with Gasteiger partial charge in [0.2, 0.25) is 11.0 Å². The van der Waals surface area contributed by atoms with Crippen molar-refractivity contribution in [3.8, 4) is 0 Å². The number of amides is 1. The number of nitrogens with zero attached hydrogens (tertiary/aromatic N) is 2. The lowest BCUT2D eigenvalue weighted by Crippen LogP contribution is -2.13. The molecule has 0 radical (unpaired) electrons. The molecule has 0 saturated heterocycles. The predicted octanol–water partition coefficient (Wildman–Crippen LogP) is 3.79. The maximum Gasteiger partial charge on any atom is 0.230 e. The number of carbonyl (C=O) groups is 1. The zero-order chi connectivity index (χ0) is 14.8. The summed E-state index contributed by atoms with van der Waals surface area (Å²) in [5.41, 5.74) is 1.62. The third-order valence-electron chi connectivity index (χ3n) is 2.98. The van der Waals surface area contributed by atoms with Gasteiger partial charge in [0.05, 0.1) is 12.7 Å². The largest absolute Gasteiger partial charge is 0.464 e. The van der Waals surface area contributed by atoms with Gasteiger partial charge in [-0.25, -0.2) is 0 Å². The molecule has 21 heavy (non-hydrogen) atoms. The molecule has 0 bridgehead atoms. The maximum atomic E-state index is 12.1. The number of aromatic nitrogens is 2. The van der Waals surface area contributed by atoms with Crippen LogP contribution in [0.1, 0.15) is 17.5 Å². The third-order valence-corrected chi connectivity index (χ3v) is 4.46. The summed E-state index contributed by atoms with van der Waals surface area (Å²) in [6.45, 7) is 2.00. The van der Waals surface area contributed by atoms with Gasteiger partial charge >= 0.3 is 0 Å². The third kappa shape index (κ3) is 3.14. The van der Waals surface area contributed by atoms with Crippen molar-refractivity contribution in [3.05, 3.63) is 39.5 Å². The molecule has 0 aliphatic rings. The smallest absolute Gasteiger partial charge is 0.230 e. The van der Waals surface area contributed by atoms with Gasteiger partial charge in [-0.15, -0.1) is 10.2 Å². The van der Waals surface area contributed by atoms with Crippen LogP contribution in [-0.2, 0) is 17.6 Å². The first-order valence-corrected chi connectivity index (χ1v) is 8.04. The molecule has 0 spiro atoms. The molecule has 2 aromatic heterocycles. The molecule has 7 heteroatoms. The summed E-state index contributed by atoms with van der Waals surface area (Å²) in [7, 11) is 0. The van der Waals surface area contributed by atoms with Crippen LogP contribution < -0.4 is 5.32 Å². The Morgan fingerprint density at radius 2 is 2.29 bits per heavy atom. The molecular formula is C14H12BrN3O2S. The molecule has 3 rings (SSSR count). The highest BCUT2D eigenvalue weighted by Crippen LogP contribution is 2.25. The van der Waals surface area contributed by atoms with E-state index in [0.29, 0.717) is 5.13 Å². The highest BCUT2D eigenvalue weighted by molar-refractivity contribution is 9.10. The first-order chi connectivity index (χ1) is 10.2. The standard InChI is InChI=1S/C14H12BrN3O2S/c1-2-13-17-18-14(21-13)16-12(19)5-8-7-20-11-4-3-9(15)6-10(8)11/h3-4,6-7H,2,5H2,1H3,(H,16,18,19). The predicted molar refractivity (Wildman–Crippen MR) is 85.5 cm³/mol. The van der Waals surface area contributed by atoms with E-state index in [1.807, 2.05) is 25.1 Å². The Morgan fingerprint density at radius 1 is 1.43 bits per heavy atom. The van der Waals surface area contributed by atoms with Crippen LogP contribution in [-0.4, -0.2) is 16.1 Å². The van der Waals surface area contributed by atoms with Gasteiger partial charge < -0.3 is 9.73 Å². The van der Waals surface area contributed by atoms with E-state index in [2.05, 4.69) is 31.4 Å². The van der Waals surface area contributed by atoms with E-state index in [4.69, 9.17) is 4.42 Å². The lowest BCUT2D eigenvalue weighted by atomic mass is 10.1. The van der Waals surface area contributed by atoms with Gasteiger partial charge in [0, 0.05) is 15.4 Å². The van der Waals surface area contributed by atoms with Crippen LogP contribution in [0.2, 0.25) is 0 Å². The van der Waals surface area contributed by atoms with Crippen LogP contribution in [0.4, 0.5) is 5.13 Å². The number of aryl methyl sites for hydroxylation is 1. The van der Waals surface area contributed by atoms with Gasteiger partial charge in [0.25, 0.3) is 0 Å². The minimum Gasteiger partial charge on any atom is -0.464 e. The van der Waals surface area contributed by atoms with E-state index in [9.17, 15) is 4.79 Å². The van der Waals surface area contributed by atoms with Gasteiger partial charge in [0.1, 0.15) is 10.6 Å². The molecule has 1 aromatic carbocycles. The first-order valence-electron chi connectivity index (χ1n) is 6.43. The second-order valence-electron chi connectivity index (χ2n) is 4.48. The Kier molecular flexibility index (Phi) is 4.03. The van der Waals surface area contributed by atoms with Gasteiger partial charge in [-0.1, -0.05) is 34.2 Å². The summed E-state index contributed by atoms with van der Waals surface area (Å²) >= 11 is 4.82. The minimum atomic E-state index is -0.128. The zero-order valence-electron chi connectivity index (χ0n) is 11.2. The Hall–Kier alpha value is -1.73. The number of halogens is 1. The minimum absolute atomic E-state index is 0.128. The molecular weight excluding hydrogens is 354 g/mol. The van der Waals surface area contributed by atoms with Crippen LogP contribution in [0, 0.1) is 0 Å². The second kappa shape index (κ2) is 5.95. The zero-order valence-corrected chi connectivity index (χ0v) is 13.6. The van der Waals surface area contributed by atoms with Crippen molar-refractivity contribution in [3.63, 3.8) is 0 Å². The average Bonchev–Trinajstić information content (AvgIpc) is 3.06. The molecule has 0 aliphatic heterocycles. The topological polar surface area (TPSA) is 68.0 Å². The number of benzene rings is 1. The average molecular weight is 366 g/mol. The number of hydrogen-bond donors (Lipinski definition) is 1. The molecule has 1 N–H and O–H groups in total. The van der Waals surface area contributed by atoms with Crippen LogP contribution in [0.3, 0.4) is 0 Å². The van der Waals surface area contributed by atoms with Crippen LogP contribution in [0.15, 0.2) is 33.4 Å². The van der Waals surface area contributed by atoms with E-state index >= 15 is 0 Å². The summed E-state index contributed by atoms with van der Waals surface area (Å²) in [6, 6.07) is 5.73. The molecule has 0 saturated carbocycles. The van der Waals surface area contributed by atoms with E-state index < -0.39 is 0 Å². The Balaban J connectivity index is 1.75. The molecule has 3 aromatic rings. The summed E-state index contributed by atoms with van der Waals surface area (Å²) in [4.78, 5) is 12.1. The van der Waals surface area contributed by atoms with Crippen molar-refractivity contribution in [2.45, 2.75) is 19.8 Å². The molecule has 0 aliphatic carbocycles. The highest BCUT2D eigenvalue weighted by atomic mass is 79.9. The number of carbonyl (C=O) groups excluding carboxylic acids is 1. The number of anilines is 1. The van der Waals surface area contributed by atoms with Crippen LogP contribution in [0.25, 0.3) is 11.0 Å². The molecule has 108 valence electrons. The number of fused-ring (bicyclic) bond motifs is 1. The second-order valence-corrected chi connectivity index (χ2v) is 6.46. The molecule has 2 heterocycles. The van der Waals surface area contributed by atoms with E-state index in [1.165, 1.54) is 11.3 Å². The Bertz CT molecular complexity index is 796. The van der Waals surface area contributed by atoms with Crippen molar-refractivity contribution in [2.75, 3.05) is 5.32 Å². The number of hydrogen-bond acceptors (Lipinski definition) is 5. The van der Waals surface area contributed by atoms with Gasteiger partial charge in [0.15, 0.2) is 0 Å². The van der Waals surface area contributed by atoms with Crippen molar-refractivity contribution < 1.29 is 9.21 Å². The van der Waals surface area contributed by atoms with Crippen molar-refractivity contribution in [2.24, 2.45) is 0 Å². The Labute approximate surface area is 133 Å². The monoisotopic (exact) mass is 365 g/mol. The van der Waals surface area contributed by atoms with Crippen molar-refractivity contribution in [1.82, 2.24) is 10.2 Å². The maximum absolute atomic E-state index is 12.1. The summed E-state index contributed by atoms with van der Waals surface area (Å²) in [5, 5.41) is 13.1. The normalized spacial score (nSPS) is 11.0. The van der Waals surface area contributed by atoms with Crippen LogP contribution in [0.5, 0.6) is 0 Å². The van der Waals surface area contributed by atoms with Gasteiger partial charge in [-0.05, 0) is 24.6 Å². The first kappa shape index (κ1) is 14.2. The fourth-order valence-electron chi connectivity index (χ4n) is 1.97. The lowest BCUT2D eigenvalue weighted by molar-refractivity contribution is -0.115. The molecule has 1 amide bonds. The van der Waals surface area contributed by atoms with Crippen molar-refractivity contribution in [1.29, 1.82) is 0 Å². The van der Waals surface area contributed by atoms with E-state index in [-0.39, 0.29) is 12.3 Å². The van der Waals surface area contributed by atoms with Gasteiger partial charge in [-0.2, -0.15) is 0 Å². The molecule has 0 atom stereocenters. The quantitative estimate of drug-likeness (QED) is 0.763. The van der Waals surface area contributed by atoms with Crippen LogP contribution >= 0.6 is 27.3 Å². The summed E-state index contributed by atoms with van der Waals surface area (Å²) < 4.78 is 6.40. The Morgan fingerprint density at radius 3 is 3.05 bits per heavy atom. The summed E-state index contributed by atoms with van der Waals surface area (Å²) in [6.07, 6.45) is 2.67. The van der Waals surface area contributed by atoms with E-state index in [0.717, 1.165) is 32.4 Å². The molecule has 0 fully saturated rings. The van der Waals surface area contributed by atoms with Crippen molar-refractivity contribution >= 4 is 49.3 Å². The fourth-order valence-corrected chi connectivity index (χ4v) is 3.03. The summed E-state index contributed by atoms with van der Waals surface area (Å²) in [5.74, 6) is -0.128. The number of furan rings is 1. The number of rotatable bonds is 4. The SMILES string of the molecule is CCc1nnc(NC(=O)Cc2coc3ccc(Br)cc23)s1. The highest BCUT2D eigenvalue weighted by Gasteiger charge is 2.12. The molecule has 0 unspecified atom stereocenters. The van der Waals surface area contributed by atoms with Gasteiger partial charge in [-0.3, -0.25) is 4.79 Å². The molecule has 5 nitrogen and oxygen atoms in total. The number of nitrogens with one attached hydrogen (secondary N) is 1. The van der Waals surface area contributed by atoms with E-state index in [1.54, 1.807) is 6.26 Å².